The largest absolute Gasteiger partial charge is 0.465 e. The molecular formula is C12H25NO4. The van der Waals surface area contributed by atoms with E-state index in [1.165, 1.54) is 0 Å². The molecule has 0 radical (unpaired) electrons. The lowest BCUT2D eigenvalue weighted by Gasteiger charge is -2.26. The first kappa shape index (κ1) is 16.4. The summed E-state index contributed by atoms with van der Waals surface area (Å²) in [6.45, 7) is 5.89. The summed E-state index contributed by atoms with van der Waals surface area (Å²) in [6.07, 6.45) is 1.46. The van der Waals surface area contributed by atoms with Crippen molar-refractivity contribution in [3.8, 4) is 0 Å². The minimum absolute atomic E-state index is 0.233. The van der Waals surface area contributed by atoms with Crippen LogP contribution < -0.4 is 5.32 Å². The zero-order valence-electron chi connectivity index (χ0n) is 11.4. The Bertz CT molecular complexity index is 211. The van der Waals surface area contributed by atoms with Crippen LogP contribution >= 0.6 is 0 Å². The van der Waals surface area contributed by atoms with Gasteiger partial charge in [0.1, 0.15) is 5.54 Å². The van der Waals surface area contributed by atoms with Gasteiger partial charge in [-0.1, -0.05) is 0 Å². The summed E-state index contributed by atoms with van der Waals surface area (Å²) in [5.74, 6) is -0.233. The summed E-state index contributed by atoms with van der Waals surface area (Å²) in [5, 5.41) is 2.99. The summed E-state index contributed by atoms with van der Waals surface area (Å²) in [4.78, 5) is 11.7. The molecule has 0 saturated carbocycles. The molecule has 1 atom stereocenters. The van der Waals surface area contributed by atoms with Crippen molar-refractivity contribution in [2.75, 3.05) is 40.6 Å². The van der Waals surface area contributed by atoms with Gasteiger partial charge in [0.2, 0.25) is 0 Å². The Labute approximate surface area is 104 Å². The maximum atomic E-state index is 11.7. The van der Waals surface area contributed by atoms with Crippen molar-refractivity contribution in [2.24, 2.45) is 0 Å². The van der Waals surface area contributed by atoms with E-state index in [-0.39, 0.29) is 5.97 Å². The third kappa shape index (κ3) is 6.61. The molecule has 0 aliphatic rings. The minimum Gasteiger partial charge on any atom is -0.465 e. The van der Waals surface area contributed by atoms with Crippen molar-refractivity contribution in [1.82, 2.24) is 5.32 Å². The van der Waals surface area contributed by atoms with Gasteiger partial charge in [0, 0.05) is 26.9 Å². The van der Waals surface area contributed by atoms with Crippen LogP contribution in [0.5, 0.6) is 0 Å². The molecule has 5 nitrogen and oxygen atoms in total. The van der Waals surface area contributed by atoms with E-state index >= 15 is 0 Å². The van der Waals surface area contributed by atoms with Crippen LogP contribution in [0.15, 0.2) is 0 Å². The van der Waals surface area contributed by atoms with Crippen LogP contribution in [0, 0.1) is 0 Å². The zero-order valence-corrected chi connectivity index (χ0v) is 11.4. The number of methoxy groups -OCH3 is 1. The lowest BCUT2D eigenvalue weighted by Crippen LogP contribution is -2.49. The molecule has 0 amide bonds. The van der Waals surface area contributed by atoms with E-state index in [0.29, 0.717) is 32.8 Å². The number of nitrogens with one attached hydrogen (secondary N) is 1. The second-order valence-electron chi connectivity index (χ2n) is 4.01. The van der Waals surface area contributed by atoms with Crippen molar-refractivity contribution in [2.45, 2.75) is 32.2 Å². The molecule has 0 spiro atoms. The van der Waals surface area contributed by atoms with E-state index in [9.17, 15) is 4.79 Å². The molecule has 17 heavy (non-hydrogen) atoms. The van der Waals surface area contributed by atoms with Crippen molar-refractivity contribution in [3.63, 3.8) is 0 Å². The third-order valence-corrected chi connectivity index (χ3v) is 2.66. The van der Waals surface area contributed by atoms with Gasteiger partial charge >= 0.3 is 5.97 Å². The Balaban J connectivity index is 3.83. The fourth-order valence-corrected chi connectivity index (χ4v) is 1.30. The molecule has 0 fully saturated rings. The van der Waals surface area contributed by atoms with E-state index < -0.39 is 5.54 Å². The molecule has 0 bridgehead atoms. The number of ether oxygens (including phenoxy) is 3. The molecule has 0 aliphatic carbocycles. The summed E-state index contributed by atoms with van der Waals surface area (Å²) in [7, 11) is 3.42. The third-order valence-electron chi connectivity index (χ3n) is 2.66. The average Bonchev–Trinajstić information content (AvgIpc) is 2.33. The van der Waals surface area contributed by atoms with E-state index in [0.717, 1.165) is 6.42 Å². The van der Waals surface area contributed by atoms with E-state index in [2.05, 4.69) is 5.32 Å². The normalized spacial score (nSPS) is 14.4. The fourth-order valence-electron chi connectivity index (χ4n) is 1.30. The molecule has 0 aromatic carbocycles. The number of hydrogen-bond acceptors (Lipinski definition) is 5. The van der Waals surface area contributed by atoms with E-state index in [1.54, 1.807) is 21.1 Å². The highest BCUT2D eigenvalue weighted by Crippen LogP contribution is 2.11. The van der Waals surface area contributed by atoms with Crippen LogP contribution in [0.3, 0.4) is 0 Å². The van der Waals surface area contributed by atoms with Gasteiger partial charge in [-0.05, 0) is 33.7 Å². The zero-order chi connectivity index (χ0) is 13.1. The molecule has 0 aromatic heterocycles. The Morgan fingerprint density at radius 2 is 2.00 bits per heavy atom. The summed E-state index contributed by atoms with van der Waals surface area (Å²) < 4.78 is 15.4. The quantitative estimate of drug-likeness (QED) is 0.460. The minimum atomic E-state index is -0.669. The number of rotatable bonds is 10. The van der Waals surface area contributed by atoms with Crippen LogP contribution in [0.1, 0.15) is 26.7 Å². The smallest absolute Gasteiger partial charge is 0.326 e. The number of likely N-dealkylation sites (N-methyl/N-ethyl adjacent to an activating group) is 1. The molecular weight excluding hydrogens is 222 g/mol. The fraction of sp³-hybridized carbons (Fsp3) is 0.917. The van der Waals surface area contributed by atoms with E-state index in [1.807, 2.05) is 6.92 Å². The maximum Gasteiger partial charge on any atom is 0.326 e. The SMILES string of the molecule is CCOC(=O)C(C)(CCOCCCOC)NC. The van der Waals surface area contributed by atoms with Crippen LogP contribution in [0.2, 0.25) is 0 Å². The first-order chi connectivity index (χ1) is 8.10. The van der Waals surface area contributed by atoms with Crippen molar-refractivity contribution < 1.29 is 19.0 Å². The summed E-state index contributed by atoms with van der Waals surface area (Å²) in [5.41, 5.74) is -0.669. The predicted octanol–water partition coefficient (Wildman–Crippen LogP) is 0.971. The standard InChI is InChI=1S/C12H25NO4/c1-5-17-11(14)12(2,13-3)7-10-16-9-6-8-15-4/h13H,5-10H2,1-4H3. The van der Waals surface area contributed by atoms with Crippen LogP contribution in [-0.2, 0) is 19.0 Å². The Kier molecular flexibility index (Phi) is 9.03. The second-order valence-corrected chi connectivity index (χ2v) is 4.01. The lowest BCUT2D eigenvalue weighted by molar-refractivity contribution is -0.151. The van der Waals surface area contributed by atoms with Gasteiger partial charge in [0.05, 0.1) is 6.61 Å². The molecule has 5 heteroatoms. The first-order valence-corrected chi connectivity index (χ1v) is 6.03. The topological polar surface area (TPSA) is 56.8 Å². The molecule has 1 unspecified atom stereocenters. The van der Waals surface area contributed by atoms with Crippen molar-refractivity contribution in [3.05, 3.63) is 0 Å². The number of carbonyl (C=O) groups is 1. The van der Waals surface area contributed by atoms with Crippen molar-refractivity contribution in [1.29, 1.82) is 0 Å². The van der Waals surface area contributed by atoms with Gasteiger partial charge in [-0.25, -0.2) is 0 Å². The maximum absolute atomic E-state index is 11.7. The molecule has 0 saturated heterocycles. The highest BCUT2D eigenvalue weighted by atomic mass is 16.5. The lowest BCUT2D eigenvalue weighted by atomic mass is 9.99. The highest BCUT2D eigenvalue weighted by Gasteiger charge is 2.32. The van der Waals surface area contributed by atoms with E-state index in [4.69, 9.17) is 14.2 Å². The molecule has 102 valence electrons. The number of carbonyl (C=O) groups excluding carboxylic acids is 1. The van der Waals surface area contributed by atoms with Gasteiger partial charge in [-0.15, -0.1) is 0 Å². The molecule has 0 aromatic rings. The van der Waals surface area contributed by atoms with Gasteiger partial charge in [0.15, 0.2) is 0 Å². The van der Waals surface area contributed by atoms with Crippen molar-refractivity contribution >= 4 is 5.97 Å². The highest BCUT2D eigenvalue weighted by molar-refractivity contribution is 5.80. The molecule has 0 heterocycles. The predicted molar refractivity (Wildman–Crippen MR) is 66.0 cm³/mol. The average molecular weight is 247 g/mol. The molecule has 0 aliphatic heterocycles. The first-order valence-electron chi connectivity index (χ1n) is 6.03. The van der Waals surface area contributed by atoms with Gasteiger partial charge in [0.25, 0.3) is 0 Å². The van der Waals surface area contributed by atoms with Gasteiger partial charge in [-0.2, -0.15) is 0 Å². The number of esters is 1. The van der Waals surface area contributed by atoms with Gasteiger partial charge < -0.3 is 19.5 Å². The van der Waals surface area contributed by atoms with Gasteiger partial charge in [-0.3, -0.25) is 4.79 Å². The molecule has 1 N–H and O–H groups in total. The van der Waals surface area contributed by atoms with Crippen LogP contribution in [0.25, 0.3) is 0 Å². The number of hydrogen-bond donors (Lipinski definition) is 1. The Morgan fingerprint density at radius 1 is 1.29 bits per heavy atom. The van der Waals surface area contributed by atoms with Crippen LogP contribution in [0.4, 0.5) is 0 Å². The van der Waals surface area contributed by atoms with Crippen LogP contribution in [-0.4, -0.2) is 52.1 Å². The monoisotopic (exact) mass is 247 g/mol. The Hall–Kier alpha value is -0.650. The summed E-state index contributed by atoms with van der Waals surface area (Å²) >= 11 is 0. The Morgan fingerprint density at radius 3 is 2.53 bits per heavy atom. The second kappa shape index (κ2) is 9.39. The summed E-state index contributed by atoms with van der Waals surface area (Å²) in [6, 6.07) is 0. The molecule has 0 rings (SSSR count).